The molecule has 7 heteroatoms. The Morgan fingerprint density at radius 2 is 2.19 bits per heavy atom. The van der Waals surface area contributed by atoms with Gasteiger partial charge in [-0.3, -0.25) is 4.79 Å². The van der Waals surface area contributed by atoms with Crippen LogP contribution in [0.4, 0.5) is 10.7 Å². The molecule has 0 radical (unpaired) electrons. The molecular weight excluding hydrogens is 370 g/mol. The summed E-state index contributed by atoms with van der Waals surface area (Å²) < 4.78 is 1.04. The molecule has 0 bridgehead atoms. The van der Waals surface area contributed by atoms with Gasteiger partial charge in [0.25, 0.3) is 5.91 Å². The summed E-state index contributed by atoms with van der Waals surface area (Å²) in [5.41, 5.74) is 13.1. The van der Waals surface area contributed by atoms with Crippen LogP contribution < -0.4 is 16.4 Å². The minimum atomic E-state index is -0.477. The summed E-state index contributed by atoms with van der Waals surface area (Å²) in [6.45, 7) is 0.727. The normalized spacial score (nSPS) is 10.6. The van der Waals surface area contributed by atoms with Gasteiger partial charge in [-0.2, -0.15) is 0 Å². The zero-order valence-corrected chi connectivity index (χ0v) is 14.9. The van der Waals surface area contributed by atoms with Crippen LogP contribution in [0.15, 0.2) is 33.6 Å². The van der Waals surface area contributed by atoms with Crippen LogP contribution in [0, 0.1) is 0 Å². The maximum Gasteiger partial charge on any atom is 0.261 e. The maximum absolute atomic E-state index is 11.4. The SMILES string of the molecule is CSc1c(N(C)Cc2cccc(Br)c2)sc(C(N)=O)c1N. The summed E-state index contributed by atoms with van der Waals surface area (Å²) in [5.74, 6) is -0.477. The van der Waals surface area contributed by atoms with Crippen molar-refractivity contribution in [1.29, 1.82) is 0 Å². The lowest BCUT2D eigenvalue weighted by molar-refractivity contribution is 0.100. The zero-order chi connectivity index (χ0) is 15.6. The molecule has 0 unspecified atom stereocenters. The van der Waals surface area contributed by atoms with Crippen LogP contribution in [-0.4, -0.2) is 19.2 Å². The predicted octanol–water partition coefficient (Wildman–Crippen LogP) is 3.55. The van der Waals surface area contributed by atoms with Crippen LogP contribution in [0.25, 0.3) is 0 Å². The number of primary amides is 1. The van der Waals surface area contributed by atoms with Gasteiger partial charge in [0, 0.05) is 18.1 Å². The van der Waals surface area contributed by atoms with Crippen molar-refractivity contribution in [3.8, 4) is 0 Å². The third-order valence-electron chi connectivity index (χ3n) is 2.97. The number of benzene rings is 1. The third kappa shape index (κ3) is 3.53. The van der Waals surface area contributed by atoms with Gasteiger partial charge < -0.3 is 16.4 Å². The van der Waals surface area contributed by atoms with E-state index in [0.717, 1.165) is 20.9 Å². The molecule has 1 aromatic heterocycles. The number of amides is 1. The predicted molar refractivity (Wildman–Crippen MR) is 95.3 cm³/mol. The zero-order valence-electron chi connectivity index (χ0n) is 11.7. The second-order valence-corrected chi connectivity index (χ2v) is 7.26. The van der Waals surface area contributed by atoms with E-state index in [1.807, 2.05) is 25.4 Å². The Labute approximate surface area is 140 Å². The van der Waals surface area contributed by atoms with Crippen LogP contribution in [0.5, 0.6) is 0 Å². The first-order valence-electron chi connectivity index (χ1n) is 6.15. The van der Waals surface area contributed by atoms with E-state index in [9.17, 15) is 4.79 Å². The molecule has 4 nitrogen and oxygen atoms in total. The fourth-order valence-electron chi connectivity index (χ4n) is 2.03. The van der Waals surface area contributed by atoms with Crippen molar-refractivity contribution in [3.05, 3.63) is 39.2 Å². The van der Waals surface area contributed by atoms with E-state index in [2.05, 4.69) is 33.0 Å². The van der Waals surface area contributed by atoms with Gasteiger partial charge in [0.2, 0.25) is 0 Å². The minimum absolute atomic E-state index is 0.426. The lowest BCUT2D eigenvalue weighted by Gasteiger charge is -2.19. The van der Waals surface area contributed by atoms with Gasteiger partial charge in [0.1, 0.15) is 9.88 Å². The standard InChI is InChI=1S/C14H16BrN3OS2/c1-18(7-8-4-3-5-9(15)6-8)14-12(20-2)10(16)11(21-14)13(17)19/h3-6H,7,16H2,1-2H3,(H2,17,19). The fourth-order valence-corrected chi connectivity index (χ4v) is 4.50. The number of nitrogens with two attached hydrogens (primary N) is 2. The molecule has 0 aliphatic heterocycles. The van der Waals surface area contributed by atoms with Crippen LogP contribution in [0.2, 0.25) is 0 Å². The molecule has 0 saturated carbocycles. The van der Waals surface area contributed by atoms with E-state index in [0.29, 0.717) is 10.6 Å². The lowest BCUT2D eigenvalue weighted by Crippen LogP contribution is -2.15. The summed E-state index contributed by atoms with van der Waals surface area (Å²) >= 11 is 6.34. The molecular formula is C14H16BrN3OS2. The minimum Gasteiger partial charge on any atom is -0.396 e. The van der Waals surface area contributed by atoms with Gasteiger partial charge in [-0.15, -0.1) is 23.1 Å². The third-order valence-corrected chi connectivity index (χ3v) is 5.74. The second-order valence-electron chi connectivity index (χ2n) is 4.53. The average Bonchev–Trinajstić information content (AvgIpc) is 2.75. The van der Waals surface area contributed by atoms with Crippen LogP contribution in [-0.2, 0) is 6.54 Å². The molecule has 0 fully saturated rings. The van der Waals surface area contributed by atoms with Gasteiger partial charge in [-0.1, -0.05) is 28.1 Å². The van der Waals surface area contributed by atoms with Gasteiger partial charge in [0.15, 0.2) is 0 Å². The summed E-state index contributed by atoms with van der Waals surface area (Å²) in [6, 6.07) is 8.12. The molecule has 112 valence electrons. The molecule has 2 aromatic rings. The molecule has 0 spiro atoms. The number of carbonyl (C=O) groups excluding carboxylic acids is 1. The Balaban J connectivity index is 2.32. The Morgan fingerprint density at radius 1 is 1.48 bits per heavy atom. The molecule has 1 amide bonds. The summed E-state index contributed by atoms with van der Waals surface area (Å²) in [5, 5.41) is 0.966. The van der Waals surface area contributed by atoms with Crippen LogP contribution in [0.1, 0.15) is 15.2 Å². The molecule has 0 aliphatic rings. The van der Waals surface area contributed by atoms with E-state index in [1.54, 1.807) is 0 Å². The highest BCUT2D eigenvalue weighted by molar-refractivity contribution is 9.10. The Kier molecular flexibility index (Phi) is 5.18. The van der Waals surface area contributed by atoms with Crippen molar-refractivity contribution in [2.75, 3.05) is 23.9 Å². The topological polar surface area (TPSA) is 72.3 Å². The number of halogens is 1. The maximum atomic E-state index is 11.4. The first kappa shape index (κ1) is 16.2. The highest BCUT2D eigenvalue weighted by Gasteiger charge is 2.21. The average molecular weight is 386 g/mol. The van der Waals surface area contributed by atoms with E-state index < -0.39 is 5.91 Å². The smallest absolute Gasteiger partial charge is 0.261 e. The van der Waals surface area contributed by atoms with Crippen LogP contribution in [0.3, 0.4) is 0 Å². The number of thiophene rings is 1. The molecule has 0 atom stereocenters. The molecule has 1 heterocycles. The largest absolute Gasteiger partial charge is 0.396 e. The van der Waals surface area contributed by atoms with Crippen molar-refractivity contribution in [2.24, 2.45) is 5.73 Å². The number of anilines is 2. The first-order chi connectivity index (χ1) is 9.93. The number of hydrogen-bond acceptors (Lipinski definition) is 5. The number of nitrogen functional groups attached to an aromatic ring is 1. The van der Waals surface area contributed by atoms with Crippen molar-refractivity contribution in [1.82, 2.24) is 0 Å². The molecule has 2 rings (SSSR count). The van der Waals surface area contributed by atoms with E-state index in [4.69, 9.17) is 11.5 Å². The number of hydrogen-bond donors (Lipinski definition) is 2. The molecule has 21 heavy (non-hydrogen) atoms. The van der Waals surface area contributed by atoms with Gasteiger partial charge >= 0.3 is 0 Å². The van der Waals surface area contributed by atoms with E-state index in [-0.39, 0.29) is 0 Å². The van der Waals surface area contributed by atoms with Crippen molar-refractivity contribution < 1.29 is 4.79 Å². The Hall–Kier alpha value is -1.18. The number of carbonyl (C=O) groups is 1. The highest BCUT2D eigenvalue weighted by atomic mass is 79.9. The highest BCUT2D eigenvalue weighted by Crippen LogP contribution is 2.43. The number of nitrogens with zero attached hydrogens (tertiary/aromatic N) is 1. The molecule has 0 aliphatic carbocycles. The van der Waals surface area contributed by atoms with E-state index >= 15 is 0 Å². The van der Waals surface area contributed by atoms with Gasteiger partial charge in [0.05, 0.1) is 10.6 Å². The number of rotatable bonds is 5. The summed E-state index contributed by atoms with van der Waals surface area (Å²) in [6.07, 6.45) is 1.94. The van der Waals surface area contributed by atoms with Gasteiger partial charge in [-0.25, -0.2) is 0 Å². The van der Waals surface area contributed by atoms with Gasteiger partial charge in [-0.05, 0) is 24.0 Å². The Bertz CT molecular complexity index is 672. The van der Waals surface area contributed by atoms with Crippen molar-refractivity contribution in [2.45, 2.75) is 11.4 Å². The van der Waals surface area contributed by atoms with E-state index in [1.165, 1.54) is 28.7 Å². The monoisotopic (exact) mass is 385 g/mol. The number of thioether (sulfide) groups is 1. The summed E-state index contributed by atoms with van der Waals surface area (Å²) in [4.78, 5) is 14.9. The fraction of sp³-hybridized carbons (Fsp3) is 0.214. The molecule has 0 saturated heterocycles. The van der Waals surface area contributed by atoms with Crippen molar-refractivity contribution >= 4 is 55.6 Å². The quantitative estimate of drug-likeness (QED) is 0.771. The first-order valence-corrected chi connectivity index (χ1v) is 8.99. The Morgan fingerprint density at radius 3 is 2.76 bits per heavy atom. The summed E-state index contributed by atoms with van der Waals surface area (Å²) in [7, 11) is 1.98. The second kappa shape index (κ2) is 6.72. The molecule has 1 aromatic carbocycles. The van der Waals surface area contributed by atoms with Crippen molar-refractivity contribution in [3.63, 3.8) is 0 Å². The molecule has 4 N–H and O–H groups in total. The van der Waals surface area contributed by atoms with Crippen LogP contribution >= 0.6 is 39.0 Å². The lowest BCUT2D eigenvalue weighted by atomic mass is 10.2.